The zero-order valence-corrected chi connectivity index (χ0v) is 9.51. The number of aromatic nitrogens is 3. The summed E-state index contributed by atoms with van der Waals surface area (Å²) in [5, 5.41) is 4.41. The van der Waals surface area contributed by atoms with Crippen molar-refractivity contribution in [2.75, 3.05) is 0 Å². The van der Waals surface area contributed by atoms with Gasteiger partial charge in [-0.2, -0.15) is 5.10 Å². The summed E-state index contributed by atoms with van der Waals surface area (Å²) in [7, 11) is 1.95. The molecule has 0 spiro atoms. The Labute approximate surface area is 90.2 Å². The summed E-state index contributed by atoms with van der Waals surface area (Å²) in [6.45, 7) is 4.21. The number of aryl methyl sites for hydroxylation is 1. The van der Waals surface area contributed by atoms with Crippen LogP contribution in [0.1, 0.15) is 43.8 Å². The number of allylic oxidation sites excluding steroid dienone is 1. The van der Waals surface area contributed by atoms with Crippen LogP contribution in [0.25, 0.3) is 0 Å². The maximum absolute atomic E-state index is 5.83. The summed E-state index contributed by atoms with van der Waals surface area (Å²) in [5.74, 6) is 2.67. The van der Waals surface area contributed by atoms with Gasteiger partial charge in [-0.25, -0.2) is 4.98 Å². The van der Waals surface area contributed by atoms with E-state index < -0.39 is 0 Å². The van der Waals surface area contributed by atoms with Crippen molar-refractivity contribution in [2.24, 2.45) is 12.8 Å². The Bertz CT molecular complexity index is 378. The Morgan fingerprint density at radius 2 is 2.20 bits per heavy atom. The Morgan fingerprint density at radius 1 is 1.47 bits per heavy atom. The molecular formula is C11H18N4. The minimum atomic E-state index is 0.175. The highest BCUT2D eigenvalue weighted by Gasteiger charge is 2.23. The number of nitrogens with zero attached hydrogens (tertiary/aromatic N) is 3. The number of hydrogen-bond acceptors (Lipinski definition) is 3. The van der Waals surface area contributed by atoms with Crippen LogP contribution in [0.5, 0.6) is 0 Å². The second-order valence-electron chi connectivity index (χ2n) is 4.50. The van der Waals surface area contributed by atoms with Crippen LogP contribution in [-0.4, -0.2) is 20.8 Å². The lowest BCUT2D eigenvalue weighted by atomic mass is 10.1. The molecule has 0 bridgehead atoms. The second kappa shape index (κ2) is 3.77. The van der Waals surface area contributed by atoms with Gasteiger partial charge in [0.05, 0.1) is 0 Å². The highest BCUT2D eigenvalue weighted by Crippen LogP contribution is 2.26. The van der Waals surface area contributed by atoms with Crippen LogP contribution >= 0.6 is 0 Å². The fourth-order valence-corrected chi connectivity index (χ4v) is 1.90. The molecule has 2 N–H and O–H groups in total. The lowest BCUT2D eigenvalue weighted by molar-refractivity contribution is 0.619. The van der Waals surface area contributed by atoms with Crippen molar-refractivity contribution in [1.82, 2.24) is 14.8 Å². The molecule has 2 atom stereocenters. The minimum Gasteiger partial charge on any atom is -0.324 e. The average molecular weight is 206 g/mol. The zero-order chi connectivity index (χ0) is 11.0. The van der Waals surface area contributed by atoms with Gasteiger partial charge in [-0.3, -0.25) is 4.68 Å². The first-order valence-corrected chi connectivity index (χ1v) is 5.42. The predicted molar refractivity (Wildman–Crippen MR) is 59.6 cm³/mol. The Hall–Kier alpha value is -1.16. The maximum atomic E-state index is 5.83. The highest BCUT2D eigenvalue weighted by atomic mass is 15.3. The van der Waals surface area contributed by atoms with Crippen LogP contribution in [0.2, 0.25) is 0 Å². The molecule has 0 saturated heterocycles. The molecule has 82 valence electrons. The van der Waals surface area contributed by atoms with Gasteiger partial charge in [0, 0.05) is 24.9 Å². The standard InChI is InChI=1S/C11H18N4/c1-7(2)10-13-11(15(3)14-10)8-4-5-9(12)6-8/h4-5,7-9H,6,12H2,1-3H3. The van der Waals surface area contributed by atoms with E-state index in [1.54, 1.807) is 0 Å². The van der Waals surface area contributed by atoms with Crippen LogP contribution in [0, 0.1) is 0 Å². The van der Waals surface area contributed by atoms with E-state index >= 15 is 0 Å². The number of rotatable bonds is 2. The smallest absolute Gasteiger partial charge is 0.153 e. The molecule has 1 aromatic heterocycles. The summed E-state index contributed by atoms with van der Waals surface area (Å²) in [6.07, 6.45) is 5.14. The van der Waals surface area contributed by atoms with Crippen LogP contribution < -0.4 is 5.73 Å². The molecule has 1 aromatic rings. The number of hydrogen-bond donors (Lipinski definition) is 1. The Kier molecular flexibility index (Phi) is 2.61. The molecule has 4 heteroatoms. The van der Waals surface area contributed by atoms with Crippen molar-refractivity contribution in [2.45, 2.75) is 38.1 Å². The lowest BCUT2D eigenvalue weighted by Gasteiger charge is -2.07. The van der Waals surface area contributed by atoms with Crippen LogP contribution in [0.4, 0.5) is 0 Å². The first-order valence-electron chi connectivity index (χ1n) is 5.42. The van der Waals surface area contributed by atoms with Crippen molar-refractivity contribution >= 4 is 0 Å². The fraction of sp³-hybridized carbons (Fsp3) is 0.636. The maximum Gasteiger partial charge on any atom is 0.153 e. The summed E-state index contributed by atoms with van der Waals surface area (Å²) >= 11 is 0. The molecular weight excluding hydrogens is 188 g/mol. The van der Waals surface area contributed by atoms with Gasteiger partial charge in [-0.15, -0.1) is 0 Å². The van der Waals surface area contributed by atoms with E-state index in [0.717, 1.165) is 18.1 Å². The Balaban J connectivity index is 2.25. The molecule has 0 radical (unpaired) electrons. The van der Waals surface area contributed by atoms with E-state index in [0.29, 0.717) is 11.8 Å². The highest BCUT2D eigenvalue weighted by molar-refractivity contribution is 5.18. The topological polar surface area (TPSA) is 56.7 Å². The van der Waals surface area contributed by atoms with Gasteiger partial charge in [0.2, 0.25) is 0 Å². The van der Waals surface area contributed by atoms with Gasteiger partial charge in [-0.05, 0) is 6.42 Å². The van der Waals surface area contributed by atoms with E-state index in [1.807, 2.05) is 17.8 Å². The van der Waals surface area contributed by atoms with E-state index in [-0.39, 0.29) is 6.04 Å². The summed E-state index contributed by atoms with van der Waals surface area (Å²) in [6, 6.07) is 0.175. The molecule has 0 amide bonds. The lowest BCUT2D eigenvalue weighted by Crippen LogP contribution is -2.15. The largest absolute Gasteiger partial charge is 0.324 e. The summed E-state index contributed by atoms with van der Waals surface area (Å²) < 4.78 is 1.88. The van der Waals surface area contributed by atoms with Crippen LogP contribution in [0.15, 0.2) is 12.2 Å². The van der Waals surface area contributed by atoms with E-state index in [9.17, 15) is 0 Å². The van der Waals surface area contributed by atoms with Crippen molar-refractivity contribution < 1.29 is 0 Å². The van der Waals surface area contributed by atoms with Gasteiger partial charge in [0.1, 0.15) is 5.82 Å². The van der Waals surface area contributed by atoms with Gasteiger partial charge < -0.3 is 5.73 Å². The summed E-state index contributed by atoms with van der Waals surface area (Å²) in [5.41, 5.74) is 5.83. The monoisotopic (exact) mass is 206 g/mol. The van der Waals surface area contributed by atoms with Crippen LogP contribution in [-0.2, 0) is 7.05 Å². The van der Waals surface area contributed by atoms with Crippen molar-refractivity contribution in [3.8, 4) is 0 Å². The first-order chi connectivity index (χ1) is 7.08. The fourth-order valence-electron chi connectivity index (χ4n) is 1.90. The first kappa shape index (κ1) is 10.4. The Morgan fingerprint density at radius 3 is 2.67 bits per heavy atom. The van der Waals surface area contributed by atoms with Crippen LogP contribution in [0.3, 0.4) is 0 Å². The molecule has 0 fully saturated rings. The van der Waals surface area contributed by atoms with Crippen molar-refractivity contribution in [3.05, 3.63) is 23.8 Å². The molecule has 1 aliphatic rings. The quantitative estimate of drug-likeness (QED) is 0.742. The molecule has 4 nitrogen and oxygen atoms in total. The number of nitrogens with two attached hydrogens (primary N) is 1. The van der Waals surface area contributed by atoms with Gasteiger partial charge >= 0.3 is 0 Å². The van der Waals surface area contributed by atoms with Gasteiger partial charge in [-0.1, -0.05) is 26.0 Å². The molecule has 15 heavy (non-hydrogen) atoms. The average Bonchev–Trinajstić information content (AvgIpc) is 2.71. The molecule has 2 unspecified atom stereocenters. The minimum absolute atomic E-state index is 0.175. The molecule has 0 aliphatic heterocycles. The predicted octanol–water partition coefficient (Wildman–Crippen LogP) is 1.31. The molecule has 1 aliphatic carbocycles. The third-order valence-corrected chi connectivity index (χ3v) is 2.78. The van der Waals surface area contributed by atoms with E-state index in [1.165, 1.54) is 0 Å². The summed E-state index contributed by atoms with van der Waals surface area (Å²) in [4.78, 5) is 4.57. The van der Waals surface area contributed by atoms with E-state index in [2.05, 4.69) is 30.0 Å². The second-order valence-corrected chi connectivity index (χ2v) is 4.50. The molecule has 1 heterocycles. The third-order valence-electron chi connectivity index (χ3n) is 2.78. The zero-order valence-electron chi connectivity index (χ0n) is 9.51. The third kappa shape index (κ3) is 1.95. The van der Waals surface area contributed by atoms with Gasteiger partial charge in [0.15, 0.2) is 5.82 Å². The van der Waals surface area contributed by atoms with Gasteiger partial charge in [0.25, 0.3) is 0 Å². The SMILES string of the molecule is CC(C)c1nc(C2C=CC(N)C2)n(C)n1. The normalized spacial score (nSPS) is 25.4. The molecule has 0 saturated carbocycles. The van der Waals surface area contributed by atoms with Crippen molar-refractivity contribution in [3.63, 3.8) is 0 Å². The molecule has 0 aromatic carbocycles. The van der Waals surface area contributed by atoms with Crippen molar-refractivity contribution in [1.29, 1.82) is 0 Å². The molecule has 2 rings (SSSR count). The van der Waals surface area contributed by atoms with E-state index in [4.69, 9.17) is 5.73 Å².